The largest absolute Gasteiger partial charge is 0.328 e. The van der Waals surface area contributed by atoms with Gasteiger partial charge in [0.05, 0.1) is 6.54 Å². The van der Waals surface area contributed by atoms with Gasteiger partial charge in [-0.05, 0) is 39.6 Å². The molecule has 4 rings (SSSR count). The monoisotopic (exact) mass is 430 g/mol. The number of aliphatic imine (C=N–C) groups is 1. The SMILES string of the molecule is CC1=C(C)N2C(=NC3C2C(=O)N(Cc2ccccc2Cl)C(=O)N3C)N1CCN(C)C. The van der Waals surface area contributed by atoms with E-state index in [-0.39, 0.29) is 18.5 Å². The molecule has 1 saturated heterocycles. The molecule has 3 heterocycles. The maximum absolute atomic E-state index is 13.5. The fourth-order valence-corrected chi connectivity index (χ4v) is 4.39. The van der Waals surface area contributed by atoms with Crippen LogP contribution in [0.15, 0.2) is 40.7 Å². The lowest BCUT2D eigenvalue weighted by molar-refractivity contribution is -0.137. The topological polar surface area (TPSA) is 62.7 Å². The maximum Gasteiger partial charge on any atom is 0.328 e. The number of hydrogen-bond donors (Lipinski definition) is 0. The molecule has 30 heavy (non-hydrogen) atoms. The summed E-state index contributed by atoms with van der Waals surface area (Å²) in [4.78, 5) is 40.4. The van der Waals surface area contributed by atoms with E-state index in [1.807, 2.05) is 51.0 Å². The highest BCUT2D eigenvalue weighted by Gasteiger charge is 2.55. The second-order valence-electron chi connectivity index (χ2n) is 8.19. The van der Waals surface area contributed by atoms with Gasteiger partial charge in [-0.15, -0.1) is 0 Å². The molecule has 9 heteroatoms. The van der Waals surface area contributed by atoms with Crippen molar-refractivity contribution >= 4 is 29.5 Å². The van der Waals surface area contributed by atoms with E-state index in [9.17, 15) is 9.59 Å². The van der Waals surface area contributed by atoms with Crippen LogP contribution < -0.4 is 0 Å². The summed E-state index contributed by atoms with van der Waals surface area (Å²) in [5, 5.41) is 0.536. The third kappa shape index (κ3) is 3.15. The molecule has 3 amide bonds. The first-order chi connectivity index (χ1) is 14.2. The number of nitrogens with zero attached hydrogens (tertiary/aromatic N) is 6. The molecule has 0 radical (unpaired) electrons. The van der Waals surface area contributed by atoms with Crippen molar-refractivity contribution in [3.05, 3.63) is 46.2 Å². The number of guanidine groups is 1. The van der Waals surface area contributed by atoms with Gasteiger partial charge in [0.15, 0.2) is 12.2 Å². The summed E-state index contributed by atoms with van der Waals surface area (Å²) in [6.45, 7) is 5.81. The number of urea groups is 1. The normalized spacial score (nSPS) is 23.6. The number of halogens is 1. The average Bonchev–Trinajstić information content (AvgIpc) is 3.20. The Labute approximate surface area is 182 Å². The van der Waals surface area contributed by atoms with Crippen molar-refractivity contribution in [3.8, 4) is 0 Å². The first-order valence-corrected chi connectivity index (χ1v) is 10.4. The molecule has 0 aliphatic carbocycles. The van der Waals surface area contributed by atoms with Crippen molar-refractivity contribution in [2.24, 2.45) is 4.99 Å². The van der Waals surface area contributed by atoms with Crippen LogP contribution in [0.3, 0.4) is 0 Å². The van der Waals surface area contributed by atoms with Gasteiger partial charge in [0, 0.05) is 36.6 Å². The van der Waals surface area contributed by atoms with Crippen molar-refractivity contribution < 1.29 is 9.59 Å². The molecular weight excluding hydrogens is 404 g/mol. The van der Waals surface area contributed by atoms with E-state index >= 15 is 0 Å². The first-order valence-electron chi connectivity index (χ1n) is 10.0. The number of allylic oxidation sites excluding steroid dienone is 2. The molecule has 0 bridgehead atoms. The van der Waals surface area contributed by atoms with Gasteiger partial charge in [-0.2, -0.15) is 0 Å². The second-order valence-corrected chi connectivity index (χ2v) is 8.60. The smallest absolute Gasteiger partial charge is 0.313 e. The Morgan fingerprint density at radius 2 is 1.80 bits per heavy atom. The van der Waals surface area contributed by atoms with Crippen molar-refractivity contribution in [2.45, 2.75) is 32.6 Å². The fourth-order valence-electron chi connectivity index (χ4n) is 4.19. The van der Waals surface area contributed by atoms with Gasteiger partial charge in [-0.1, -0.05) is 29.8 Å². The summed E-state index contributed by atoms with van der Waals surface area (Å²) >= 11 is 6.28. The van der Waals surface area contributed by atoms with Crippen molar-refractivity contribution in [1.82, 2.24) is 24.5 Å². The molecule has 0 aromatic heterocycles. The van der Waals surface area contributed by atoms with E-state index in [0.29, 0.717) is 5.02 Å². The standard InChI is InChI=1S/C21H27ClN6O2/c1-13-14(2)28-17-18(23-20(28)26(13)11-10-24(3)4)25(5)21(30)27(19(17)29)12-15-8-6-7-9-16(15)22/h6-9,17-18H,10-12H2,1-5H3. The van der Waals surface area contributed by atoms with Crippen LogP contribution in [0.1, 0.15) is 19.4 Å². The van der Waals surface area contributed by atoms with Crippen LogP contribution in [0.5, 0.6) is 0 Å². The van der Waals surface area contributed by atoms with Gasteiger partial charge in [0.2, 0.25) is 5.96 Å². The number of likely N-dealkylation sites (N-methyl/N-ethyl adjacent to an activating group) is 2. The summed E-state index contributed by atoms with van der Waals surface area (Å²) in [5.74, 6) is 0.498. The van der Waals surface area contributed by atoms with E-state index in [1.165, 1.54) is 4.90 Å². The number of hydrogen-bond acceptors (Lipinski definition) is 6. The lowest BCUT2D eigenvalue weighted by Crippen LogP contribution is -2.64. The molecule has 1 aromatic rings. The van der Waals surface area contributed by atoms with Gasteiger partial charge in [-0.3, -0.25) is 14.6 Å². The summed E-state index contributed by atoms with van der Waals surface area (Å²) in [6.07, 6.45) is -0.535. The number of carbonyl (C=O) groups excluding carboxylic acids is 2. The number of fused-ring (bicyclic) bond motifs is 3. The van der Waals surface area contributed by atoms with Crippen LogP contribution >= 0.6 is 11.6 Å². The second kappa shape index (κ2) is 7.59. The molecule has 8 nitrogen and oxygen atoms in total. The molecule has 160 valence electrons. The molecule has 0 N–H and O–H groups in total. The van der Waals surface area contributed by atoms with Crippen LogP contribution in [0.25, 0.3) is 0 Å². The molecule has 1 fully saturated rings. The van der Waals surface area contributed by atoms with Crippen LogP contribution in [0, 0.1) is 0 Å². The predicted molar refractivity (Wildman–Crippen MR) is 116 cm³/mol. The van der Waals surface area contributed by atoms with Crippen LogP contribution in [-0.4, -0.2) is 88.8 Å². The van der Waals surface area contributed by atoms with Crippen LogP contribution in [-0.2, 0) is 11.3 Å². The Morgan fingerprint density at radius 1 is 1.10 bits per heavy atom. The number of amides is 3. The zero-order chi connectivity index (χ0) is 21.7. The van der Waals surface area contributed by atoms with Crippen molar-refractivity contribution in [1.29, 1.82) is 0 Å². The van der Waals surface area contributed by atoms with Gasteiger partial charge in [0.1, 0.15) is 0 Å². The minimum Gasteiger partial charge on any atom is -0.313 e. The quantitative estimate of drug-likeness (QED) is 0.716. The molecule has 2 unspecified atom stereocenters. The number of imide groups is 1. The van der Waals surface area contributed by atoms with E-state index in [4.69, 9.17) is 16.6 Å². The molecule has 0 saturated carbocycles. The molecule has 1 aromatic carbocycles. The van der Waals surface area contributed by atoms with Gasteiger partial charge < -0.3 is 14.7 Å². The highest BCUT2D eigenvalue weighted by atomic mass is 35.5. The predicted octanol–water partition coefficient (Wildman–Crippen LogP) is 2.23. The van der Waals surface area contributed by atoms with Gasteiger partial charge in [-0.25, -0.2) is 9.79 Å². The van der Waals surface area contributed by atoms with Gasteiger partial charge in [0.25, 0.3) is 5.91 Å². The average molecular weight is 431 g/mol. The highest BCUT2D eigenvalue weighted by molar-refractivity contribution is 6.31. The molecule has 3 aliphatic rings. The Bertz CT molecular complexity index is 959. The Morgan fingerprint density at radius 3 is 2.47 bits per heavy atom. The van der Waals surface area contributed by atoms with E-state index in [1.54, 1.807) is 18.0 Å². The number of benzene rings is 1. The highest BCUT2D eigenvalue weighted by Crippen LogP contribution is 2.38. The minimum atomic E-state index is -0.565. The Hall–Kier alpha value is -2.58. The van der Waals surface area contributed by atoms with E-state index < -0.39 is 12.2 Å². The maximum atomic E-state index is 13.5. The van der Waals surface area contributed by atoms with E-state index in [0.717, 1.165) is 36.0 Å². The third-order valence-electron chi connectivity index (χ3n) is 6.06. The molecule has 0 spiro atoms. The zero-order valence-corrected chi connectivity index (χ0v) is 18.7. The molecule has 2 atom stereocenters. The molecular formula is C21H27ClN6O2. The lowest BCUT2D eigenvalue weighted by Gasteiger charge is -2.40. The zero-order valence-electron chi connectivity index (χ0n) is 18.0. The van der Waals surface area contributed by atoms with Crippen molar-refractivity contribution in [2.75, 3.05) is 34.2 Å². The Kier molecular flexibility index (Phi) is 5.23. The van der Waals surface area contributed by atoms with Crippen LogP contribution in [0.2, 0.25) is 5.02 Å². The number of carbonyl (C=O) groups is 2. The first kappa shape index (κ1) is 20.7. The van der Waals surface area contributed by atoms with Gasteiger partial charge >= 0.3 is 6.03 Å². The molecule has 3 aliphatic heterocycles. The van der Waals surface area contributed by atoms with E-state index in [2.05, 4.69) is 9.80 Å². The van der Waals surface area contributed by atoms with Crippen molar-refractivity contribution in [3.63, 3.8) is 0 Å². The summed E-state index contributed by atoms with van der Waals surface area (Å²) in [6, 6.07) is 6.35. The minimum absolute atomic E-state index is 0.139. The summed E-state index contributed by atoms with van der Waals surface area (Å²) < 4.78 is 0. The van der Waals surface area contributed by atoms with Crippen LogP contribution in [0.4, 0.5) is 4.79 Å². The number of rotatable bonds is 5. The summed E-state index contributed by atoms with van der Waals surface area (Å²) in [7, 11) is 5.76. The summed E-state index contributed by atoms with van der Waals surface area (Å²) in [5.41, 5.74) is 2.82. The lowest BCUT2D eigenvalue weighted by atomic mass is 10.1. The third-order valence-corrected chi connectivity index (χ3v) is 6.43. The fraction of sp³-hybridized carbons (Fsp3) is 0.476. The Balaban J connectivity index is 1.65.